The average Bonchev–Trinajstić information content (AvgIpc) is 2.97. The zero-order valence-corrected chi connectivity index (χ0v) is 13.9. The van der Waals surface area contributed by atoms with Gasteiger partial charge in [-0.2, -0.15) is 0 Å². The molecule has 5 heteroatoms. The summed E-state index contributed by atoms with van der Waals surface area (Å²) in [6.45, 7) is 6.73. The normalized spacial score (nSPS) is 24.0. The van der Waals surface area contributed by atoms with E-state index < -0.39 is 0 Å². The molecule has 1 fully saturated rings. The second-order valence-electron chi connectivity index (χ2n) is 6.18. The van der Waals surface area contributed by atoms with Crippen molar-refractivity contribution in [2.75, 3.05) is 6.54 Å². The Labute approximate surface area is 135 Å². The Morgan fingerprint density at radius 2 is 2.19 bits per heavy atom. The molecular formula is C16H20Cl2N2O. The number of allylic oxidation sites excluding steroid dienone is 1. The Hall–Kier alpha value is -1.06. The van der Waals surface area contributed by atoms with Gasteiger partial charge in [-0.3, -0.25) is 9.78 Å². The summed E-state index contributed by atoms with van der Waals surface area (Å²) in [5, 5.41) is 3.01. The Morgan fingerprint density at radius 3 is 2.76 bits per heavy atom. The maximum Gasteiger partial charge on any atom is 0.224 e. The molecule has 1 amide bonds. The summed E-state index contributed by atoms with van der Waals surface area (Å²) in [4.78, 5) is 16.6. The SMILES string of the molecule is CC(CNC(=O)C1C(C=C(Cl)Cl)C1(C)C)c1ccccn1. The molecule has 1 heterocycles. The number of amides is 1. The van der Waals surface area contributed by atoms with Crippen molar-refractivity contribution >= 4 is 29.1 Å². The molecule has 114 valence electrons. The summed E-state index contributed by atoms with van der Waals surface area (Å²) in [5.41, 5.74) is 0.890. The summed E-state index contributed by atoms with van der Waals surface area (Å²) < 4.78 is 0.227. The third-order valence-corrected chi connectivity index (χ3v) is 4.53. The lowest BCUT2D eigenvalue weighted by Crippen LogP contribution is -2.30. The molecule has 2 rings (SSSR count). The van der Waals surface area contributed by atoms with Crippen molar-refractivity contribution < 1.29 is 4.79 Å². The maximum atomic E-state index is 12.3. The second kappa shape index (κ2) is 6.37. The fraction of sp³-hybridized carbons (Fsp3) is 0.500. The highest BCUT2D eigenvalue weighted by Crippen LogP contribution is 2.59. The van der Waals surface area contributed by atoms with Gasteiger partial charge in [0, 0.05) is 24.4 Å². The molecule has 3 nitrogen and oxygen atoms in total. The van der Waals surface area contributed by atoms with Gasteiger partial charge in [0.15, 0.2) is 0 Å². The molecule has 0 spiro atoms. The number of nitrogens with one attached hydrogen (secondary N) is 1. The van der Waals surface area contributed by atoms with E-state index in [1.165, 1.54) is 0 Å². The molecule has 1 saturated carbocycles. The van der Waals surface area contributed by atoms with Crippen molar-refractivity contribution in [1.82, 2.24) is 10.3 Å². The van der Waals surface area contributed by atoms with E-state index in [1.54, 1.807) is 12.3 Å². The molecule has 3 unspecified atom stereocenters. The lowest BCUT2D eigenvalue weighted by molar-refractivity contribution is -0.123. The smallest absolute Gasteiger partial charge is 0.224 e. The van der Waals surface area contributed by atoms with E-state index in [9.17, 15) is 4.79 Å². The van der Waals surface area contributed by atoms with E-state index in [2.05, 4.69) is 24.1 Å². The van der Waals surface area contributed by atoms with Crippen LogP contribution in [0.2, 0.25) is 0 Å². The highest BCUT2D eigenvalue weighted by molar-refractivity contribution is 6.55. The lowest BCUT2D eigenvalue weighted by Gasteiger charge is -2.12. The Bertz CT molecular complexity index is 538. The third kappa shape index (κ3) is 3.78. The van der Waals surface area contributed by atoms with Gasteiger partial charge in [-0.25, -0.2) is 0 Å². The molecule has 3 atom stereocenters. The van der Waals surface area contributed by atoms with Crippen molar-refractivity contribution in [1.29, 1.82) is 0 Å². The zero-order chi connectivity index (χ0) is 15.6. The van der Waals surface area contributed by atoms with E-state index in [1.807, 2.05) is 25.1 Å². The van der Waals surface area contributed by atoms with Gasteiger partial charge in [-0.05, 0) is 29.5 Å². The molecule has 1 aromatic rings. The van der Waals surface area contributed by atoms with Crippen LogP contribution in [-0.2, 0) is 4.79 Å². The van der Waals surface area contributed by atoms with Crippen LogP contribution in [0.1, 0.15) is 32.4 Å². The topological polar surface area (TPSA) is 42.0 Å². The molecule has 1 N–H and O–H groups in total. The molecule has 0 bridgehead atoms. The number of carbonyl (C=O) groups is 1. The number of nitrogens with zero attached hydrogens (tertiary/aromatic N) is 1. The molecule has 0 aliphatic heterocycles. The van der Waals surface area contributed by atoms with Gasteiger partial charge >= 0.3 is 0 Å². The molecule has 0 aromatic carbocycles. The number of halogens is 2. The van der Waals surface area contributed by atoms with Crippen LogP contribution in [0.3, 0.4) is 0 Å². The molecule has 0 saturated heterocycles. The summed E-state index contributed by atoms with van der Waals surface area (Å²) in [6.07, 6.45) is 3.52. The first-order chi connectivity index (χ1) is 9.84. The van der Waals surface area contributed by atoms with Crippen LogP contribution in [0.25, 0.3) is 0 Å². The minimum absolute atomic E-state index is 0.0543. The Morgan fingerprint density at radius 1 is 1.48 bits per heavy atom. The number of hydrogen-bond donors (Lipinski definition) is 1. The fourth-order valence-electron chi connectivity index (χ4n) is 2.76. The van der Waals surface area contributed by atoms with Crippen LogP contribution in [0.15, 0.2) is 35.0 Å². The van der Waals surface area contributed by atoms with E-state index in [4.69, 9.17) is 23.2 Å². The largest absolute Gasteiger partial charge is 0.355 e. The van der Waals surface area contributed by atoms with Crippen molar-refractivity contribution in [2.45, 2.75) is 26.7 Å². The molecule has 1 aromatic heterocycles. The van der Waals surface area contributed by atoms with Crippen molar-refractivity contribution in [3.63, 3.8) is 0 Å². The number of aromatic nitrogens is 1. The quantitative estimate of drug-likeness (QED) is 0.891. The van der Waals surface area contributed by atoms with Gasteiger partial charge in [0.2, 0.25) is 5.91 Å². The minimum Gasteiger partial charge on any atom is -0.355 e. The molecular weight excluding hydrogens is 307 g/mol. The monoisotopic (exact) mass is 326 g/mol. The van der Waals surface area contributed by atoms with Gasteiger partial charge in [-0.15, -0.1) is 0 Å². The van der Waals surface area contributed by atoms with Crippen LogP contribution < -0.4 is 5.32 Å². The predicted octanol–water partition coefficient (Wildman–Crippen LogP) is 3.89. The summed E-state index contributed by atoms with van der Waals surface area (Å²) in [6, 6.07) is 5.80. The maximum absolute atomic E-state index is 12.3. The van der Waals surface area contributed by atoms with Crippen LogP contribution in [0.5, 0.6) is 0 Å². The standard InChI is InChI=1S/C16H20Cl2N2O/c1-10(12-6-4-5-7-19-12)9-20-15(21)14-11(8-13(17)18)16(14,2)3/h4-8,10-11,14H,9H2,1-3H3,(H,20,21). The van der Waals surface area contributed by atoms with Gasteiger partial charge in [0.1, 0.15) is 4.49 Å². The van der Waals surface area contributed by atoms with E-state index in [0.29, 0.717) is 6.54 Å². The number of rotatable bonds is 5. The van der Waals surface area contributed by atoms with E-state index >= 15 is 0 Å². The van der Waals surface area contributed by atoms with E-state index in [0.717, 1.165) is 5.69 Å². The third-order valence-electron chi connectivity index (χ3n) is 4.27. The number of carbonyl (C=O) groups excluding carboxylic acids is 1. The van der Waals surface area contributed by atoms with Crippen molar-refractivity contribution in [3.8, 4) is 0 Å². The van der Waals surface area contributed by atoms with Gasteiger partial charge in [0.05, 0.1) is 5.92 Å². The molecule has 21 heavy (non-hydrogen) atoms. The average molecular weight is 327 g/mol. The predicted molar refractivity (Wildman–Crippen MR) is 86.2 cm³/mol. The minimum atomic E-state index is -0.0899. The van der Waals surface area contributed by atoms with Crippen molar-refractivity contribution in [2.24, 2.45) is 17.3 Å². The highest BCUT2D eigenvalue weighted by Gasteiger charge is 2.60. The second-order valence-corrected chi connectivity index (χ2v) is 7.19. The van der Waals surface area contributed by atoms with Crippen LogP contribution in [-0.4, -0.2) is 17.4 Å². The Kier molecular flexibility index (Phi) is 4.95. The molecule has 1 aliphatic carbocycles. The fourth-order valence-corrected chi connectivity index (χ4v) is 3.03. The summed E-state index contributed by atoms with van der Waals surface area (Å²) in [5.74, 6) is 0.273. The summed E-state index contributed by atoms with van der Waals surface area (Å²) in [7, 11) is 0. The van der Waals surface area contributed by atoms with Gasteiger partial charge in [0.25, 0.3) is 0 Å². The first-order valence-corrected chi connectivity index (χ1v) is 7.81. The number of pyridine rings is 1. The van der Waals surface area contributed by atoms with Crippen LogP contribution >= 0.6 is 23.2 Å². The molecule has 1 aliphatic rings. The molecule has 0 radical (unpaired) electrons. The van der Waals surface area contributed by atoms with E-state index in [-0.39, 0.29) is 33.6 Å². The van der Waals surface area contributed by atoms with Crippen molar-refractivity contribution in [3.05, 3.63) is 40.7 Å². The summed E-state index contributed by atoms with van der Waals surface area (Å²) >= 11 is 11.4. The first-order valence-electron chi connectivity index (χ1n) is 7.05. The number of hydrogen-bond acceptors (Lipinski definition) is 2. The van der Waals surface area contributed by atoms with Gasteiger partial charge in [-0.1, -0.05) is 50.0 Å². The zero-order valence-electron chi connectivity index (χ0n) is 12.4. The lowest BCUT2D eigenvalue weighted by atomic mass is 10.1. The Balaban J connectivity index is 1.90. The van der Waals surface area contributed by atoms with Crippen LogP contribution in [0.4, 0.5) is 0 Å². The van der Waals surface area contributed by atoms with Gasteiger partial charge < -0.3 is 5.32 Å². The first kappa shape index (κ1) is 16.3. The van der Waals surface area contributed by atoms with Crippen LogP contribution in [0, 0.1) is 17.3 Å². The highest BCUT2D eigenvalue weighted by atomic mass is 35.5.